The molecule has 0 unspecified atom stereocenters. The van der Waals surface area contributed by atoms with E-state index >= 15 is 0 Å². The van der Waals surface area contributed by atoms with E-state index in [-0.39, 0.29) is 5.56 Å². The number of unbranched alkanes of at least 4 members (excludes halogenated alkanes) is 4. The minimum atomic E-state index is -0.170. The van der Waals surface area contributed by atoms with Gasteiger partial charge in [-0.2, -0.15) is 9.50 Å². The molecule has 0 saturated heterocycles. The predicted molar refractivity (Wildman–Crippen MR) is 138 cm³/mol. The summed E-state index contributed by atoms with van der Waals surface area (Å²) < 4.78 is 13.7. The van der Waals surface area contributed by atoms with Crippen LogP contribution in [0, 0.1) is 0 Å². The zero-order valence-electron chi connectivity index (χ0n) is 19.8. The van der Waals surface area contributed by atoms with Gasteiger partial charge in [0.2, 0.25) is 4.96 Å². The molecule has 4 aromatic rings. The summed E-state index contributed by atoms with van der Waals surface area (Å²) in [5.74, 6) is 2.15. The van der Waals surface area contributed by atoms with Crippen molar-refractivity contribution in [3.8, 4) is 22.9 Å². The lowest BCUT2D eigenvalue weighted by Crippen LogP contribution is -2.23. The Bertz CT molecular complexity index is 1310. The monoisotopic (exact) mass is 477 g/mol. The van der Waals surface area contributed by atoms with E-state index in [1.165, 1.54) is 28.7 Å². The third-order valence-electron chi connectivity index (χ3n) is 5.52. The van der Waals surface area contributed by atoms with Crippen LogP contribution in [0.3, 0.4) is 0 Å². The first kappa shape index (κ1) is 24.0. The molecule has 0 N–H and O–H groups in total. The van der Waals surface area contributed by atoms with Gasteiger partial charge < -0.3 is 9.47 Å². The molecular weight excluding hydrogens is 446 g/mol. The lowest BCUT2D eigenvalue weighted by molar-refractivity contribution is 0.304. The van der Waals surface area contributed by atoms with Crippen LogP contribution in [-0.4, -0.2) is 27.8 Å². The topological polar surface area (TPSA) is 65.7 Å². The normalized spacial score (nSPS) is 11.9. The van der Waals surface area contributed by atoms with E-state index in [0.29, 0.717) is 28.5 Å². The van der Waals surface area contributed by atoms with Gasteiger partial charge in [0, 0.05) is 11.1 Å². The molecule has 7 heteroatoms. The molecule has 0 bridgehead atoms. The minimum Gasteiger partial charge on any atom is -0.494 e. The molecule has 2 heterocycles. The second-order valence-corrected chi connectivity index (χ2v) is 9.23. The lowest BCUT2D eigenvalue weighted by atomic mass is 10.2. The molecule has 178 valence electrons. The average molecular weight is 478 g/mol. The molecule has 2 aromatic carbocycles. The van der Waals surface area contributed by atoms with Crippen molar-refractivity contribution in [3.63, 3.8) is 0 Å². The molecule has 0 saturated carbocycles. The molecule has 2 aromatic heterocycles. The van der Waals surface area contributed by atoms with Crippen LogP contribution >= 0.6 is 11.3 Å². The van der Waals surface area contributed by atoms with E-state index in [2.05, 4.69) is 23.9 Å². The summed E-state index contributed by atoms with van der Waals surface area (Å²) in [5.41, 5.74) is 1.57. The zero-order chi connectivity index (χ0) is 23.8. The Morgan fingerprint density at radius 2 is 1.68 bits per heavy atom. The maximum Gasteiger partial charge on any atom is 0.291 e. The van der Waals surface area contributed by atoms with E-state index in [9.17, 15) is 4.79 Å². The standard InChI is InChI=1S/C27H31N3O3S/c1-3-5-7-10-18-33-23-12-9-8-11-21(23)19-24-26(31)30-27(34-24)28-25(29-30)20-13-15-22(16-14-20)32-17-6-4-2/h8-9,11-16,19H,3-7,10,17-18H2,1-2H3/b24-19-. The highest BCUT2D eigenvalue weighted by molar-refractivity contribution is 7.15. The van der Waals surface area contributed by atoms with E-state index in [1.807, 2.05) is 54.6 Å². The van der Waals surface area contributed by atoms with Gasteiger partial charge in [-0.1, -0.05) is 69.1 Å². The summed E-state index contributed by atoms with van der Waals surface area (Å²) in [6.45, 7) is 5.72. The predicted octanol–water partition coefficient (Wildman–Crippen LogP) is 5.50. The van der Waals surface area contributed by atoms with Crippen molar-refractivity contribution >= 4 is 22.4 Å². The van der Waals surface area contributed by atoms with Crippen molar-refractivity contribution in [1.82, 2.24) is 14.6 Å². The Morgan fingerprint density at radius 1 is 0.912 bits per heavy atom. The highest BCUT2D eigenvalue weighted by atomic mass is 32.1. The van der Waals surface area contributed by atoms with Gasteiger partial charge in [-0.25, -0.2) is 0 Å². The Morgan fingerprint density at radius 3 is 2.44 bits per heavy atom. The quantitative estimate of drug-likeness (QED) is 0.252. The number of hydrogen-bond acceptors (Lipinski definition) is 6. The fraction of sp³-hybridized carbons (Fsp3) is 0.370. The molecule has 0 radical (unpaired) electrons. The van der Waals surface area contributed by atoms with Crippen molar-refractivity contribution < 1.29 is 9.47 Å². The molecule has 0 amide bonds. The number of thiazole rings is 1. The van der Waals surface area contributed by atoms with Crippen LogP contribution in [0.15, 0.2) is 53.3 Å². The summed E-state index contributed by atoms with van der Waals surface area (Å²) in [6.07, 6.45) is 8.61. The summed E-state index contributed by atoms with van der Waals surface area (Å²) in [5, 5.41) is 4.46. The largest absolute Gasteiger partial charge is 0.494 e. The summed E-state index contributed by atoms with van der Waals surface area (Å²) in [6, 6.07) is 15.5. The maximum absolute atomic E-state index is 13.0. The van der Waals surface area contributed by atoms with E-state index < -0.39 is 0 Å². The number of aromatic nitrogens is 3. The Balaban J connectivity index is 1.52. The molecule has 0 spiro atoms. The van der Waals surface area contributed by atoms with E-state index in [0.717, 1.165) is 48.3 Å². The number of nitrogens with zero attached hydrogens (tertiary/aromatic N) is 3. The molecular formula is C27H31N3O3S. The third kappa shape index (κ3) is 5.83. The molecule has 0 aliphatic heterocycles. The zero-order valence-corrected chi connectivity index (χ0v) is 20.6. The van der Waals surface area contributed by atoms with Crippen LogP contribution in [0.4, 0.5) is 0 Å². The number of para-hydroxylation sites is 1. The Hall–Kier alpha value is -3.19. The molecule has 4 rings (SSSR count). The molecule has 0 aliphatic rings. The van der Waals surface area contributed by atoms with Crippen LogP contribution in [0.1, 0.15) is 57.9 Å². The van der Waals surface area contributed by atoms with Crippen molar-refractivity contribution in [2.45, 2.75) is 52.4 Å². The summed E-state index contributed by atoms with van der Waals surface area (Å²) in [7, 11) is 0. The van der Waals surface area contributed by atoms with Gasteiger partial charge in [-0.05, 0) is 49.2 Å². The molecule has 6 nitrogen and oxygen atoms in total. The van der Waals surface area contributed by atoms with E-state index in [1.54, 1.807) is 0 Å². The Labute approximate surface area is 203 Å². The van der Waals surface area contributed by atoms with Gasteiger partial charge in [0.15, 0.2) is 5.82 Å². The van der Waals surface area contributed by atoms with Crippen LogP contribution in [0.2, 0.25) is 0 Å². The molecule has 0 fully saturated rings. The number of benzene rings is 2. The van der Waals surface area contributed by atoms with Gasteiger partial charge in [0.25, 0.3) is 5.56 Å². The van der Waals surface area contributed by atoms with Gasteiger partial charge in [0.1, 0.15) is 11.5 Å². The van der Waals surface area contributed by atoms with Crippen LogP contribution in [0.25, 0.3) is 22.4 Å². The van der Waals surface area contributed by atoms with Crippen LogP contribution in [0.5, 0.6) is 11.5 Å². The number of ether oxygens (including phenoxy) is 2. The smallest absolute Gasteiger partial charge is 0.291 e. The van der Waals surface area contributed by atoms with Crippen LogP contribution < -0.4 is 19.6 Å². The van der Waals surface area contributed by atoms with Gasteiger partial charge >= 0.3 is 0 Å². The molecule has 34 heavy (non-hydrogen) atoms. The fourth-order valence-electron chi connectivity index (χ4n) is 3.57. The number of fused-ring (bicyclic) bond motifs is 1. The molecule has 0 aliphatic carbocycles. The van der Waals surface area contributed by atoms with Crippen molar-refractivity contribution in [2.75, 3.05) is 13.2 Å². The van der Waals surface area contributed by atoms with Crippen LogP contribution in [-0.2, 0) is 0 Å². The summed E-state index contributed by atoms with van der Waals surface area (Å²) >= 11 is 1.34. The third-order valence-corrected chi connectivity index (χ3v) is 6.48. The number of hydrogen-bond donors (Lipinski definition) is 0. The second-order valence-electron chi connectivity index (χ2n) is 8.22. The van der Waals surface area contributed by atoms with Gasteiger partial charge in [-0.15, -0.1) is 5.10 Å². The Kier molecular flexibility index (Phi) is 8.31. The first-order valence-corrected chi connectivity index (χ1v) is 12.9. The second kappa shape index (κ2) is 11.8. The lowest BCUT2D eigenvalue weighted by Gasteiger charge is -2.08. The highest BCUT2D eigenvalue weighted by Gasteiger charge is 2.13. The summed E-state index contributed by atoms with van der Waals surface area (Å²) in [4.78, 5) is 18.2. The van der Waals surface area contributed by atoms with E-state index in [4.69, 9.17) is 9.47 Å². The number of rotatable bonds is 12. The average Bonchev–Trinajstić information content (AvgIpc) is 3.40. The SMILES string of the molecule is CCCCCCOc1ccccc1/C=c1\sc2nc(-c3ccc(OCCCC)cc3)nn2c1=O. The van der Waals surface area contributed by atoms with Crippen molar-refractivity contribution in [1.29, 1.82) is 0 Å². The fourth-order valence-corrected chi connectivity index (χ4v) is 4.47. The first-order valence-electron chi connectivity index (χ1n) is 12.1. The molecule has 0 atom stereocenters. The highest BCUT2D eigenvalue weighted by Crippen LogP contribution is 2.22. The maximum atomic E-state index is 13.0. The van der Waals surface area contributed by atoms with Gasteiger partial charge in [-0.3, -0.25) is 4.79 Å². The van der Waals surface area contributed by atoms with Gasteiger partial charge in [0.05, 0.1) is 17.7 Å². The first-order chi connectivity index (χ1) is 16.7. The van der Waals surface area contributed by atoms with Crippen molar-refractivity contribution in [2.24, 2.45) is 0 Å². The van der Waals surface area contributed by atoms with Crippen molar-refractivity contribution in [3.05, 3.63) is 69.0 Å². The minimum absolute atomic E-state index is 0.170.